The molecular formula is C15H17FN2. The van der Waals surface area contributed by atoms with Gasteiger partial charge in [-0.2, -0.15) is 0 Å². The zero-order valence-corrected chi connectivity index (χ0v) is 10.7. The lowest BCUT2D eigenvalue weighted by Crippen LogP contribution is -2.21. The second-order valence-electron chi connectivity index (χ2n) is 4.34. The summed E-state index contributed by atoms with van der Waals surface area (Å²) in [6.07, 6.45) is 2.36. The van der Waals surface area contributed by atoms with Crippen LogP contribution in [-0.4, -0.2) is 12.0 Å². The highest BCUT2D eigenvalue weighted by molar-refractivity contribution is 5.28. The van der Waals surface area contributed by atoms with Crippen molar-refractivity contribution in [3.8, 4) is 0 Å². The van der Waals surface area contributed by atoms with Gasteiger partial charge < -0.3 is 5.32 Å². The fourth-order valence-corrected chi connectivity index (χ4v) is 2.05. The van der Waals surface area contributed by atoms with Crippen LogP contribution < -0.4 is 5.32 Å². The Labute approximate surface area is 107 Å². The molecule has 1 aromatic heterocycles. The van der Waals surface area contributed by atoms with E-state index in [4.69, 9.17) is 0 Å². The Kier molecular flexibility index (Phi) is 4.05. The van der Waals surface area contributed by atoms with Crippen LogP contribution in [0.15, 0.2) is 42.6 Å². The molecule has 94 valence electrons. The fraction of sp³-hybridized carbons (Fsp3) is 0.267. The zero-order chi connectivity index (χ0) is 13.0. The quantitative estimate of drug-likeness (QED) is 0.894. The number of aryl methyl sites for hydroxylation is 1. The number of aromatic nitrogens is 1. The SMILES string of the molecule is CNC(Cc1ccccc1C)c1ncccc1F. The van der Waals surface area contributed by atoms with Crippen LogP contribution in [-0.2, 0) is 6.42 Å². The van der Waals surface area contributed by atoms with E-state index in [1.54, 1.807) is 12.3 Å². The number of rotatable bonds is 4. The molecule has 1 aromatic carbocycles. The smallest absolute Gasteiger partial charge is 0.146 e. The molecule has 0 aliphatic rings. The van der Waals surface area contributed by atoms with Crippen LogP contribution in [0.25, 0.3) is 0 Å². The second kappa shape index (κ2) is 5.74. The van der Waals surface area contributed by atoms with Crippen LogP contribution in [0.2, 0.25) is 0 Å². The Balaban J connectivity index is 2.26. The monoisotopic (exact) mass is 244 g/mol. The molecule has 2 rings (SSSR count). The number of nitrogens with one attached hydrogen (secondary N) is 1. The van der Waals surface area contributed by atoms with Crippen molar-refractivity contribution in [1.29, 1.82) is 0 Å². The molecule has 0 amide bonds. The van der Waals surface area contributed by atoms with Crippen LogP contribution in [0.5, 0.6) is 0 Å². The summed E-state index contributed by atoms with van der Waals surface area (Å²) >= 11 is 0. The summed E-state index contributed by atoms with van der Waals surface area (Å²) in [4.78, 5) is 4.14. The van der Waals surface area contributed by atoms with Crippen molar-refractivity contribution in [2.75, 3.05) is 7.05 Å². The first-order valence-corrected chi connectivity index (χ1v) is 6.04. The molecule has 0 aliphatic heterocycles. The molecule has 2 aromatic rings. The number of benzene rings is 1. The number of nitrogens with zero attached hydrogens (tertiary/aromatic N) is 1. The van der Waals surface area contributed by atoms with E-state index in [9.17, 15) is 4.39 Å². The summed E-state index contributed by atoms with van der Waals surface area (Å²) < 4.78 is 13.7. The highest BCUT2D eigenvalue weighted by Gasteiger charge is 2.16. The van der Waals surface area contributed by atoms with Crippen molar-refractivity contribution in [2.24, 2.45) is 0 Å². The summed E-state index contributed by atoms with van der Waals surface area (Å²) in [5.41, 5.74) is 2.90. The maximum Gasteiger partial charge on any atom is 0.146 e. The number of hydrogen-bond donors (Lipinski definition) is 1. The molecular weight excluding hydrogens is 227 g/mol. The molecule has 0 radical (unpaired) electrons. The Hall–Kier alpha value is -1.74. The Bertz CT molecular complexity index is 525. The van der Waals surface area contributed by atoms with Gasteiger partial charge in [0.15, 0.2) is 0 Å². The van der Waals surface area contributed by atoms with Crippen LogP contribution in [0.3, 0.4) is 0 Å². The zero-order valence-electron chi connectivity index (χ0n) is 10.7. The van der Waals surface area contributed by atoms with Gasteiger partial charge in [-0.05, 0) is 43.7 Å². The minimum Gasteiger partial charge on any atom is -0.311 e. The molecule has 3 heteroatoms. The van der Waals surface area contributed by atoms with Crippen LogP contribution in [0.4, 0.5) is 4.39 Å². The number of likely N-dealkylation sites (N-methyl/N-ethyl adjacent to an activating group) is 1. The summed E-state index contributed by atoms with van der Waals surface area (Å²) in [6.45, 7) is 2.07. The molecule has 18 heavy (non-hydrogen) atoms. The van der Waals surface area contributed by atoms with Gasteiger partial charge in [-0.25, -0.2) is 4.39 Å². The van der Waals surface area contributed by atoms with Gasteiger partial charge in [-0.15, -0.1) is 0 Å². The van der Waals surface area contributed by atoms with Gasteiger partial charge in [0.2, 0.25) is 0 Å². The average Bonchev–Trinajstić information content (AvgIpc) is 2.39. The van der Waals surface area contributed by atoms with Crippen molar-refractivity contribution in [3.63, 3.8) is 0 Å². The maximum atomic E-state index is 13.7. The third-order valence-corrected chi connectivity index (χ3v) is 3.15. The number of halogens is 1. The molecule has 2 nitrogen and oxygen atoms in total. The summed E-state index contributed by atoms with van der Waals surface area (Å²) in [7, 11) is 1.83. The molecule has 0 fully saturated rings. The Morgan fingerprint density at radius 3 is 2.67 bits per heavy atom. The molecule has 1 atom stereocenters. The van der Waals surface area contributed by atoms with Gasteiger partial charge in [-0.3, -0.25) is 4.98 Å². The molecule has 0 spiro atoms. The Morgan fingerprint density at radius 1 is 1.22 bits per heavy atom. The van der Waals surface area contributed by atoms with Crippen molar-refractivity contribution < 1.29 is 4.39 Å². The fourth-order valence-electron chi connectivity index (χ4n) is 2.05. The van der Waals surface area contributed by atoms with Gasteiger partial charge in [0.05, 0.1) is 11.7 Å². The van der Waals surface area contributed by atoms with E-state index in [0.717, 1.165) is 6.42 Å². The van der Waals surface area contributed by atoms with E-state index in [-0.39, 0.29) is 11.9 Å². The van der Waals surface area contributed by atoms with Gasteiger partial charge in [0.1, 0.15) is 5.82 Å². The molecule has 0 saturated carbocycles. The van der Waals surface area contributed by atoms with E-state index in [1.807, 2.05) is 19.2 Å². The van der Waals surface area contributed by atoms with E-state index in [0.29, 0.717) is 5.69 Å². The minimum absolute atomic E-state index is 0.104. The first-order valence-electron chi connectivity index (χ1n) is 6.04. The highest BCUT2D eigenvalue weighted by atomic mass is 19.1. The summed E-state index contributed by atoms with van der Waals surface area (Å²) in [5.74, 6) is -0.259. The first-order chi connectivity index (χ1) is 8.72. The van der Waals surface area contributed by atoms with E-state index < -0.39 is 0 Å². The summed E-state index contributed by atoms with van der Waals surface area (Å²) in [6, 6.07) is 11.1. The number of pyridine rings is 1. The lowest BCUT2D eigenvalue weighted by Gasteiger charge is -2.17. The van der Waals surface area contributed by atoms with Crippen molar-refractivity contribution in [3.05, 3.63) is 65.2 Å². The van der Waals surface area contributed by atoms with Gasteiger partial charge in [0.25, 0.3) is 0 Å². The minimum atomic E-state index is -0.259. The van der Waals surface area contributed by atoms with Crippen molar-refractivity contribution in [1.82, 2.24) is 10.3 Å². The molecule has 0 bridgehead atoms. The second-order valence-corrected chi connectivity index (χ2v) is 4.34. The Morgan fingerprint density at radius 2 is 2.00 bits per heavy atom. The highest BCUT2D eigenvalue weighted by Crippen LogP contribution is 2.20. The topological polar surface area (TPSA) is 24.9 Å². The van der Waals surface area contributed by atoms with E-state index in [2.05, 4.69) is 29.4 Å². The third kappa shape index (κ3) is 2.74. The van der Waals surface area contributed by atoms with E-state index in [1.165, 1.54) is 17.2 Å². The third-order valence-electron chi connectivity index (χ3n) is 3.15. The molecule has 0 saturated heterocycles. The first kappa shape index (κ1) is 12.7. The van der Waals surface area contributed by atoms with E-state index >= 15 is 0 Å². The van der Waals surface area contributed by atoms with Gasteiger partial charge in [-0.1, -0.05) is 24.3 Å². The molecule has 0 aliphatic carbocycles. The van der Waals surface area contributed by atoms with Crippen LogP contribution in [0, 0.1) is 12.7 Å². The number of hydrogen-bond acceptors (Lipinski definition) is 2. The van der Waals surface area contributed by atoms with Crippen LogP contribution >= 0.6 is 0 Å². The standard InChI is InChI=1S/C15H17FN2/c1-11-6-3-4-7-12(11)10-14(17-2)15-13(16)8-5-9-18-15/h3-9,14,17H,10H2,1-2H3. The summed E-state index contributed by atoms with van der Waals surface area (Å²) in [5, 5.41) is 3.13. The normalized spacial score (nSPS) is 12.4. The van der Waals surface area contributed by atoms with Gasteiger partial charge >= 0.3 is 0 Å². The van der Waals surface area contributed by atoms with Crippen molar-refractivity contribution >= 4 is 0 Å². The lowest BCUT2D eigenvalue weighted by molar-refractivity contribution is 0.516. The van der Waals surface area contributed by atoms with Gasteiger partial charge in [0, 0.05) is 6.20 Å². The lowest BCUT2D eigenvalue weighted by atomic mass is 9.99. The predicted octanol–water partition coefficient (Wildman–Crippen LogP) is 3.03. The molecule has 1 unspecified atom stereocenters. The van der Waals surface area contributed by atoms with Crippen molar-refractivity contribution in [2.45, 2.75) is 19.4 Å². The molecule has 1 heterocycles. The predicted molar refractivity (Wildman–Crippen MR) is 70.9 cm³/mol. The average molecular weight is 244 g/mol. The largest absolute Gasteiger partial charge is 0.311 e. The maximum absolute atomic E-state index is 13.7. The molecule has 1 N–H and O–H groups in total. The van der Waals surface area contributed by atoms with Crippen LogP contribution in [0.1, 0.15) is 22.9 Å².